The highest BCUT2D eigenvalue weighted by Gasteiger charge is 2.45. The van der Waals surface area contributed by atoms with Crippen LogP contribution in [0, 0.1) is 18.8 Å². The minimum atomic E-state index is -0.200. The summed E-state index contributed by atoms with van der Waals surface area (Å²) >= 11 is 1.54. The van der Waals surface area contributed by atoms with E-state index in [0.717, 1.165) is 33.6 Å². The number of ether oxygens (including phenoxy) is 1. The number of thiazole rings is 1. The number of methoxy groups -OCH3 is 1. The van der Waals surface area contributed by atoms with Crippen LogP contribution >= 0.6 is 11.3 Å². The van der Waals surface area contributed by atoms with Gasteiger partial charge in [0.15, 0.2) is 11.6 Å². The molecule has 0 radical (unpaired) electrons. The average molecular weight is 357 g/mol. The second-order valence-corrected chi connectivity index (χ2v) is 7.90. The number of carbonyl (C=O) groups excluding carboxylic acids is 2. The van der Waals surface area contributed by atoms with Gasteiger partial charge in [0.25, 0.3) is 0 Å². The number of ketones is 2. The van der Waals surface area contributed by atoms with Crippen molar-refractivity contribution in [3.63, 3.8) is 0 Å². The van der Waals surface area contributed by atoms with Crippen LogP contribution < -0.4 is 0 Å². The van der Waals surface area contributed by atoms with E-state index in [2.05, 4.69) is 4.98 Å². The Labute approximate surface area is 149 Å². The summed E-state index contributed by atoms with van der Waals surface area (Å²) in [6, 6.07) is 3.64. The van der Waals surface area contributed by atoms with Crippen molar-refractivity contribution < 1.29 is 19.4 Å². The molecule has 2 atom stereocenters. The van der Waals surface area contributed by atoms with Crippen molar-refractivity contribution in [3.8, 4) is 0 Å². The Morgan fingerprint density at radius 1 is 1.28 bits per heavy atom. The van der Waals surface area contributed by atoms with Gasteiger partial charge in [0.1, 0.15) is 16.3 Å². The van der Waals surface area contributed by atoms with Crippen LogP contribution in [0.4, 0.5) is 0 Å². The third-order valence-electron chi connectivity index (χ3n) is 5.28. The number of allylic oxidation sites excluding steroid dienone is 1. The van der Waals surface area contributed by atoms with Crippen molar-refractivity contribution in [1.29, 1.82) is 0 Å². The molecule has 25 heavy (non-hydrogen) atoms. The fourth-order valence-electron chi connectivity index (χ4n) is 3.97. The molecule has 2 aliphatic rings. The largest absolute Gasteiger partial charge is 0.506 e. The Hall–Kier alpha value is -2.05. The number of nitrogens with zero attached hydrogens (tertiary/aromatic N) is 1. The van der Waals surface area contributed by atoms with E-state index in [1.54, 1.807) is 13.2 Å². The Kier molecular flexibility index (Phi) is 3.96. The van der Waals surface area contributed by atoms with Crippen molar-refractivity contribution in [1.82, 2.24) is 4.98 Å². The molecule has 0 saturated heterocycles. The van der Waals surface area contributed by atoms with Gasteiger partial charge in [-0.25, -0.2) is 4.98 Å². The van der Waals surface area contributed by atoms with E-state index in [0.29, 0.717) is 18.6 Å². The smallest absolute Gasteiger partial charge is 0.173 e. The first-order valence-electron chi connectivity index (χ1n) is 8.41. The maximum absolute atomic E-state index is 12.6. The van der Waals surface area contributed by atoms with E-state index >= 15 is 0 Å². The lowest BCUT2D eigenvalue weighted by Crippen LogP contribution is -2.30. The van der Waals surface area contributed by atoms with Crippen LogP contribution in [-0.2, 0) is 20.9 Å². The molecule has 1 aromatic heterocycles. The normalized spacial score (nSPS) is 22.9. The van der Waals surface area contributed by atoms with E-state index in [4.69, 9.17) is 4.74 Å². The van der Waals surface area contributed by atoms with Gasteiger partial charge >= 0.3 is 0 Å². The molecule has 1 heterocycles. The number of hydrogen-bond acceptors (Lipinski definition) is 6. The average Bonchev–Trinajstić information content (AvgIpc) is 3.19. The minimum Gasteiger partial charge on any atom is -0.506 e. The minimum absolute atomic E-state index is 0.00598. The first-order chi connectivity index (χ1) is 12.0. The molecule has 1 aromatic carbocycles. The molecule has 2 saturated carbocycles. The van der Waals surface area contributed by atoms with Gasteiger partial charge in [0, 0.05) is 24.5 Å². The quantitative estimate of drug-likeness (QED) is 0.516. The van der Waals surface area contributed by atoms with Crippen molar-refractivity contribution in [2.24, 2.45) is 11.8 Å². The number of fused-ring (bicyclic) bond motifs is 3. The van der Waals surface area contributed by atoms with Gasteiger partial charge in [-0.15, -0.1) is 11.3 Å². The number of aliphatic hydroxyl groups excluding tert-OH is 1. The SMILES string of the molecule is COCc1nc2c(C)c(C(O)=C3C(=O)C4CCC(C4)C3=O)ccc2s1. The Morgan fingerprint density at radius 3 is 2.60 bits per heavy atom. The van der Waals surface area contributed by atoms with Crippen LogP contribution in [0.1, 0.15) is 35.4 Å². The highest BCUT2D eigenvalue weighted by atomic mass is 32.1. The highest BCUT2D eigenvalue weighted by Crippen LogP contribution is 2.42. The summed E-state index contributed by atoms with van der Waals surface area (Å²) < 4.78 is 6.12. The summed E-state index contributed by atoms with van der Waals surface area (Å²) in [6.45, 7) is 2.29. The summed E-state index contributed by atoms with van der Waals surface area (Å²) in [6.07, 6.45) is 2.13. The molecule has 2 unspecified atom stereocenters. The zero-order valence-corrected chi connectivity index (χ0v) is 15.0. The summed E-state index contributed by atoms with van der Waals surface area (Å²) in [5.41, 5.74) is 2.06. The molecule has 130 valence electrons. The predicted octanol–water partition coefficient (Wildman–Crippen LogP) is 3.59. The molecular weight excluding hydrogens is 338 g/mol. The number of Topliss-reactive ketones (excluding diaryl/α,β-unsaturated/α-hetero) is 2. The van der Waals surface area contributed by atoms with E-state index in [1.165, 1.54) is 11.3 Å². The number of rotatable bonds is 3. The lowest BCUT2D eigenvalue weighted by molar-refractivity contribution is -0.127. The summed E-state index contributed by atoms with van der Waals surface area (Å²) in [5, 5.41) is 11.6. The molecule has 2 aromatic rings. The zero-order valence-electron chi connectivity index (χ0n) is 14.2. The number of benzene rings is 1. The number of hydrogen-bond donors (Lipinski definition) is 1. The monoisotopic (exact) mass is 357 g/mol. The number of aryl methyl sites for hydroxylation is 1. The van der Waals surface area contributed by atoms with E-state index in [-0.39, 0.29) is 34.7 Å². The van der Waals surface area contributed by atoms with Crippen LogP contribution in [0.2, 0.25) is 0 Å². The van der Waals surface area contributed by atoms with Crippen molar-refractivity contribution in [2.45, 2.75) is 32.8 Å². The molecule has 2 bridgehead atoms. The van der Waals surface area contributed by atoms with Gasteiger partial charge in [0.2, 0.25) is 0 Å². The van der Waals surface area contributed by atoms with Gasteiger partial charge in [0.05, 0.1) is 16.8 Å². The Bertz CT molecular complexity index is 903. The van der Waals surface area contributed by atoms with Crippen molar-refractivity contribution in [3.05, 3.63) is 33.8 Å². The second kappa shape index (κ2) is 6.04. The second-order valence-electron chi connectivity index (χ2n) is 6.78. The maximum atomic E-state index is 12.6. The van der Waals surface area contributed by atoms with Gasteiger partial charge in [-0.3, -0.25) is 9.59 Å². The van der Waals surface area contributed by atoms with Crippen LogP contribution in [0.25, 0.3) is 16.0 Å². The molecular formula is C19H19NO4S. The van der Waals surface area contributed by atoms with Crippen LogP contribution in [-0.4, -0.2) is 28.8 Å². The molecule has 6 heteroatoms. The topological polar surface area (TPSA) is 76.5 Å². The molecule has 2 aliphatic carbocycles. The Balaban J connectivity index is 1.84. The standard InChI is InChI=1S/C19H19NO4S/c1-9-12(5-6-13-16(9)20-14(25-13)8-24-2)19(23)15-17(21)10-3-4-11(7-10)18(15)22/h5-6,10-11,23H,3-4,7-8H2,1-2H3. The van der Waals surface area contributed by atoms with Crippen LogP contribution in [0.5, 0.6) is 0 Å². The lowest BCUT2D eigenvalue weighted by Gasteiger charge is -2.21. The fourth-order valence-corrected chi connectivity index (χ4v) is 4.97. The Morgan fingerprint density at radius 2 is 1.96 bits per heavy atom. The molecule has 4 rings (SSSR count). The number of carbonyl (C=O) groups is 2. The lowest BCUT2D eigenvalue weighted by atomic mass is 9.81. The molecule has 1 N–H and O–H groups in total. The van der Waals surface area contributed by atoms with E-state index in [9.17, 15) is 14.7 Å². The molecule has 0 aliphatic heterocycles. The van der Waals surface area contributed by atoms with Gasteiger partial charge in [-0.2, -0.15) is 0 Å². The first kappa shape index (κ1) is 16.4. The van der Waals surface area contributed by atoms with Gasteiger partial charge in [-0.05, 0) is 43.9 Å². The molecule has 0 spiro atoms. The predicted molar refractivity (Wildman–Crippen MR) is 95.5 cm³/mol. The molecule has 5 nitrogen and oxygen atoms in total. The van der Waals surface area contributed by atoms with Crippen LogP contribution in [0.3, 0.4) is 0 Å². The maximum Gasteiger partial charge on any atom is 0.173 e. The highest BCUT2D eigenvalue weighted by molar-refractivity contribution is 7.18. The van der Waals surface area contributed by atoms with Crippen molar-refractivity contribution in [2.75, 3.05) is 7.11 Å². The van der Waals surface area contributed by atoms with Crippen LogP contribution in [0.15, 0.2) is 17.7 Å². The number of aliphatic hydroxyl groups is 1. The zero-order chi connectivity index (χ0) is 17.7. The fraction of sp³-hybridized carbons (Fsp3) is 0.421. The summed E-state index contributed by atoms with van der Waals surface area (Å²) in [5.74, 6) is -0.816. The number of aromatic nitrogens is 1. The van der Waals surface area contributed by atoms with E-state index in [1.807, 2.05) is 13.0 Å². The molecule has 0 amide bonds. The van der Waals surface area contributed by atoms with E-state index < -0.39 is 0 Å². The third kappa shape index (κ3) is 2.51. The first-order valence-corrected chi connectivity index (χ1v) is 9.23. The summed E-state index contributed by atoms with van der Waals surface area (Å²) in [4.78, 5) is 29.8. The van der Waals surface area contributed by atoms with Gasteiger partial charge < -0.3 is 9.84 Å². The summed E-state index contributed by atoms with van der Waals surface area (Å²) in [7, 11) is 1.62. The van der Waals surface area contributed by atoms with Crippen molar-refractivity contribution >= 4 is 38.9 Å². The molecule has 2 fully saturated rings. The third-order valence-corrected chi connectivity index (χ3v) is 6.28. The van der Waals surface area contributed by atoms with Gasteiger partial charge in [-0.1, -0.05) is 0 Å².